The number of hydrogen-bond acceptors (Lipinski definition) is 8. The van der Waals surface area contributed by atoms with Crippen LogP contribution < -0.4 is 10.0 Å². The topological polar surface area (TPSA) is 140 Å². The number of amides is 3. The molecule has 1 aliphatic heterocycles. The molecule has 5 rings (SSSR count). The lowest BCUT2D eigenvalue weighted by atomic mass is 10.1. The molecule has 1 saturated heterocycles. The Balaban J connectivity index is 1.41. The highest BCUT2D eigenvalue weighted by atomic mass is 35.5. The predicted octanol–water partition coefficient (Wildman–Crippen LogP) is 3.88. The van der Waals surface area contributed by atoms with Crippen LogP contribution in [0.4, 0.5) is 4.79 Å². The van der Waals surface area contributed by atoms with Crippen LogP contribution in [0.2, 0.25) is 5.02 Å². The summed E-state index contributed by atoms with van der Waals surface area (Å²) in [7, 11) is -4.07. The van der Waals surface area contributed by atoms with Crippen molar-refractivity contribution in [3.05, 3.63) is 93.2 Å². The normalized spacial score (nSPS) is 14.7. The minimum absolute atomic E-state index is 0.0391. The van der Waals surface area contributed by atoms with Gasteiger partial charge in [0.15, 0.2) is 5.65 Å². The molecule has 3 amide bonds. The highest BCUT2D eigenvalue weighted by Crippen LogP contribution is 2.28. The first-order valence-corrected chi connectivity index (χ1v) is 13.8. The number of imidazole rings is 1. The maximum Gasteiger partial charge on any atom is 0.290 e. The number of benzene rings is 2. The Morgan fingerprint density at radius 1 is 1.11 bits per heavy atom. The molecule has 0 radical (unpaired) electrons. The van der Waals surface area contributed by atoms with Gasteiger partial charge < -0.3 is 4.57 Å². The molecule has 0 saturated carbocycles. The molecule has 3 heterocycles. The Morgan fingerprint density at radius 2 is 1.87 bits per heavy atom. The van der Waals surface area contributed by atoms with Crippen LogP contribution in [0.3, 0.4) is 0 Å². The number of sulfonamides is 1. The van der Waals surface area contributed by atoms with Crippen LogP contribution in [-0.4, -0.2) is 40.0 Å². The van der Waals surface area contributed by atoms with Crippen molar-refractivity contribution in [2.24, 2.45) is 0 Å². The minimum Gasteiger partial charge on any atom is -0.308 e. The number of pyridine rings is 1. The second-order valence-electron chi connectivity index (χ2n) is 8.24. The summed E-state index contributed by atoms with van der Waals surface area (Å²) in [5, 5.41) is 2.19. The molecule has 38 heavy (non-hydrogen) atoms. The largest absolute Gasteiger partial charge is 0.308 e. The molecule has 4 aromatic rings. The number of carbonyl (C=O) groups is 3. The van der Waals surface area contributed by atoms with Gasteiger partial charge in [-0.2, -0.15) is 0 Å². The van der Waals surface area contributed by atoms with Gasteiger partial charge in [0.1, 0.15) is 17.0 Å². The van der Waals surface area contributed by atoms with E-state index in [1.165, 1.54) is 18.2 Å². The van der Waals surface area contributed by atoms with E-state index in [1.807, 2.05) is 4.72 Å². The number of aryl methyl sites for hydroxylation is 1. The highest BCUT2D eigenvalue weighted by molar-refractivity contribution is 8.18. The predicted molar refractivity (Wildman–Crippen MR) is 143 cm³/mol. The molecule has 0 aliphatic carbocycles. The molecular weight excluding hydrogens is 550 g/mol. The van der Waals surface area contributed by atoms with Gasteiger partial charge in [-0.15, -0.1) is 0 Å². The number of rotatable bonds is 6. The number of carbonyl (C=O) groups excluding carboxylic acids is 3. The van der Waals surface area contributed by atoms with Gasteiger partial charge in [0.2, 0.25) is 0 Å². The first kappa shape index (κ1) is 25.6. The van der Waals surface area contributed by atoms with Crippen molar-refractivity contribution >= 4 is 67.7 Å². The Morgan fingerprint density at radius 3 is 2.55 bits per heavy atom. The van der Waals surface area contributed by atoms with E-state index in [-0.39, 0.29) is 22.0 Å². The van der Waals surface area contributed by atoms with Crippen LogP contribution in [0.1, 0.15) is 27.4 Å². The van der Waals surface area contributed by atoms with E-state index < -0.39 is 27.1 Å². The highest BCUT2D eigenvalue weighted by Gasteiger charge is 2.25. The number of nitrogens with zero attached hydrogens (tertiary/aromatic N) is 3. The molecule has 1 aliphatic rings. The molecule has 192 valence electrons. The van der Waals surface area contributed by atoms with Gasteiger partial charge in [-0.25, -0.2) is 23.1 Å². The van der Waals surface area contributed by atoms with E-state index in [2.05, 4.69) is 15.3 Å². The summed E-state index contributed by atoms with van der Waals surface area (Å²) in [4.78, 5) is 45.1. The van der Waals surface area contributed by atoms with Crippen molar-refractivity contribution in [3.63, 3.8) is 0 Å². The second-order valence-corrected chi connectivity index (χ2v) is 11.3. The minimum atomic E-state index is -4.07. The summed E-state index contributed by atoms with van der Waals surface area (Å²) in [6.45, 7) is 2.05. The molecule has 13 heteroatoms. The summed E-state index contributed by atoms with van der Waals surface area (Å²) in [5.74, 6) is -0.714. The molecule has 0 spiro atoms. The molecule has 0 bridgehead atoms. The monoisotopic (exact) mass is 567 g/mol. The quantitative estimate of drug-likeness (QED) is 0.334. The third-order valence-corrected chi connectivity index (χ3v) is 8.15. The van der Waals surface area contributed by atoms with Gasteiger partial charge in [-0.1, -0.05) is 41.9 Å². The van der Waals surface area contributed by atoms with Crippen LogP contribution in [0.15, 0.2) is 70.5 Å². The van der Waals surface area contributed by atoms with Crippen LogP contribution in [0.5, 0.6) is 0 Å². The Kier molecular flexibility index (Phi) is 6.78. The van der Waals surface area contributed by atoms with Crippen molar-refractivity contribution in [2.75, 3.05) is 0 Å². The van der Waals surface area contributed by atoms with Gasteiger partial charge in [-0.3, -0.25) is 19.7 Å². The maximum absolute atomic E-state index is 12.8. The smallest absolute Gasteiger partial charge is 0.290 e. The lowest BCUT2D eigenvalue weighted by Crippen LogP contribution is -2.31. The Hall–Kier alpha value is -4.00. The van der Waals surface area contributed by atoms with E-state index in [1.54, 1.807) is 60.0 Å². The number of aromatic nitrogens is 3. The van der Waals surface area contributed by atoms with Crippen molar-refractivity contribution in [1.82, 2.24) is 24.6 Å². The third kappa shape index (κ3) is 5.19. The summed E-state index contributed by atoms with van der Waals surface area (Å²) in [5.41, 5.74) is 2.19. The molecule has 0 atom stereocenters. The summed E-state index contributed by atoms with van der Waals surface area (Å²) >= 11 is 7.34. The maximum atomic E-state index is 12.8. The van der Waals surface area contributed by atoms with Crippen molar-refractivity contribution in [2.45, 2.75) is 18.4 Å². The Labute approximate surface area is 226 Å². The SMILES string of the molecule is Cc1nc2ccc(C(=O)NS(=O)(=O)c3ccccc3)nc2n1Cc1ccc(/C=C2\SC(=O)NC2=O)cc1Cl. The first-order chi connectivity index (χ1) is 18.1. The van der Waals surface area contributed by atoms with E-state index >= 15 is 0 Å². The fourth-order valence-electron chi connectivity index (χ4n) is 3.79. The molecule has 0 unspecified atom stereocenters. The van der Waals surface area contributed by atoms with Crippen LogP contribution >= 0.6 is 23.4 Å². The van der Waals surface area contributed by atoms with Crippen molar-refractivity contribution in [3.8, 4) is 0 Å². The van der Waals surface area contributed by atoms with E-state index in [0.29, 0.717) is 27.6 Å². The van der Waals surface area contributed by atoms with E-state index in [0.717, 1.165) is 17.3 Å². The average Bonchev–Trinajstić information content (AvgIpc) is 3.36. The second kappa shape index (κ2) is 10.0. The molecular formula is C25H18ClN5O5S2. The lowest BCUT2D eigenvalue weighted by Gasteiger charge is -2.10. The third-order valence-electron chi connectivity index (χ3n) is 5.64. The zero-order valence-corrected chi connectivity index (χ0v) is 22.0. The zero-order valence-electron chi connectivity index (χ0n) is 19.6. The molecule has 2 aromatic carbocycles. The number of fused-ring (bicyclic) bond motifs is 1. The van der Waals surface area contributed by atoms with E-state index in [4.69, 9.17) is 11.6 Å². The number of halogens is 1. The summed E-state index contributed by atoms with van der Waals surface area (Å²) < 4.78 is 28.9. The zero-order chi connectivity index (χ0) is 27.0. The summed E-state index contributed by atoms with van der Waals surface area (Å²) in [6.07, 6.45) is 1.58. The van der Waals surface area contributed by atoms with Crippen LogP contribution in [0.25, 0.3) is 17.2 Å². The average molecular weight is 568 g/mol. The molecule has 2 aromatic heterocycles. The number of thioether (sulfide) groups is 1. The van der Waals surface area contributed by atoms with Gasteiger partial charge in [-0.05, 0) is 66.2 Å². The number of nitrogens with one attached hydrogen (secondary N) is 2. The van der Waals surface area contributed by atoms with Gasteiger partial charge in [0.25, 0.3) is 27.1 Å². The molecule has 10 nitrogen and oxygen atoms in total. The number of imide groups is 1. The van der Waals surface area contributed by atoms with Crippen molar-refractivity contribution in [1.29, 1.82) is 0 Å². The van der Waals surface area contributed by atoms with Gasteiger partial charge >= 0.3 is 0 Å². The molecule has 2 N–H and O–H groups in total. The molecule has 1 fully saturated rings. The fraction of sp³-hybridized carbons (Fsp3) is 0.0800. The first-order valence-electron chi connectivity index (χ1n) is 11.1. The van der Waals surface area contributed by atoms with E-state index in [9.17, 15) is 22.8 Å². The standard InChI is InChI=1S/C25H18ClN5O5S2/c1-14-27-19-9-10-20(23(32)30-38(35,36)17-5-3-2-4-6-17)28-22(19)31(14)13-16-8-7-15(11-18(16)26)12-21-24(33)29-25(34)37-21/h2-12H,13H2,1H3,(H,30,32)(H,29,33,34)/b21-12-. The van der Waals surface area contributed by atoms with Crippen LogP contribution in [-0.2, 0) is 21.4 Å². The summed E-state index contributed by atoms with van der Waals surface area (Å²) in [6, 6.07) is 15.8. The Bertz CT molecular complexity index is 1770. The van der Waals surface area contributed by atoms with Crippen LogP contribution in [0, 0.1) is 6.92 Å². The number of hydrogen-bond donors (Lipinski definition) is 2. The van der Waals surface area contributed by atoms with Crippen molar-refractivity contribution < 1.29 is 22.8 Å². The fourth-order valence-corrected chi connectivity index (χ4v) is 5.70. The van der Waals surface area contributed by atoms with Gasteiger partial charge in [0.05, 0.1) is 16.3 Å². The van der Waals surface area contributed by atoms with Gasteiger partial charge in [0, 0.05) is 5.02 Å². The lowest BCUT2D eigenvalue weighted by molar-refractivity contribution is -0.115.